The van der Waals surface area contributed by atoms with E-state index >= 15 is 0 Å². The monoisotopic (exact) mass is 362 g/mol. The van der Waals surface area contributed by atoms with Crippen molar-refractivity contribution in [2.75, 3.05) is 18.0 Å². The number of alkyl halides is 3. The summed E-state index contributed by atoms with van der Waals surface area (Å²) in [5, 5.41) is 2.75. The number of carbonyl (C=O) groups excluding carboxylic acids is 1. The molecule has 25 heavy (non-hydrogen) atoms. The summed E-state index contributed by atoms with van der Waals surface area (Å²) < 4.78 is 56.9. The summed E-state index contributed by atoms with van der Waals surface area (Å²) in [4.78, 5) is 13.6. The Bertz CT molecular complexity index is 626. The van der Waals surface area contributed by atoms with Crippen LogP contribution < -0.4 is 10.2 Å². The predicted molar refractivity (Wildman–Crippen MR) is 86.0 cm³/mol. The molecule has 8 heteroatoms. The van der Waals surface area contributed by atoms with Gasteiger partial charge in [-0.3, -0.25) is 0 Å². The number of alkyl carbamates (subject to hydrolysis) is 1. The first-order valence-corrected chi connectivity index (χ1v) is 8.07. The zero-order valence-corrected chi connectivity index (χ0v) is 14.4. The first-order chi connectivity index (χ1) is 11.5. The molecule has 0 bridgehead atoms. The molecule has 1 fully saturated rings. The van der Waals surface area contributed by atoms with Gasteiger partial charge in [0.1, 0.15) is 11.4 Å². The quantitative estimate of drug-likeness (QED) is 0.796. The summed E-state index contributed by atoms with van der Waals surface area (Å²) in [7, 11) is 0. The molecule has 1 aliphatic heterocycles. The average Bonchev–Trinajstić information content (AvgIpc) is 2.44. The fourth-order valence-corrected chi connectivity index (χ4v) is 2.73. The molecule has 1 unspecified atom stereocenters. The highest BCUT2D eigenvalue weighted by Gasteiger charge is 2.34. The van der Waals surface area contributed by atoms with E-state index in [1.165, 1.54) is 6.07 Å². The summed E-state index contributed by atoms with van der Waals surface area (Å²) in [6, 6.07) is 2.67. The van der Waals surface area contributed by atoms with E-state index in [2.05, 4.69) is 5.32 Å². The zero-order valence-electron chi connectivity index (χ0n) is 14.4. The fraction of sp³-hybridized carbons (Fsp3) is 0.588. The summed E-state index contributed by atoms with van der Waals surface area (Å²) >= 11 is 0. The first kappa shape index (κ1) is 19.3. The van der Waals surface area contributed by atoms with Crippen LogP contribution in [0.25, 0.3) is 0 Å². The molecule has 1 aromatic rings. The highest BCUT2D eigenvalue weighted by Crippen LogP contribution is 2.33. The van der Waals surface area contributed by atoms with E-state index in [1.54, 1.807) is 25.7 Å². The van der Waals surface area contributed by atoms with E-state index in [-0.39, 0.29) is 6.04 Å². The number of amides is 1. The number of nitrogens with zero attached hydrogens (tertiary/aromatic N) is 1. The standard InChI is InChI=1S/C17H22F4N2O2/c1-16(2,3)25-15(24)22-11-5-4-8-23(10-11)12-6-7-13(14(18)9-12)17(19,20)21/h6-7,9,11H,4-5,8,10H2,1-3H3,(H,22,24). The van der Waals surface area contributed by atoms with E-state index in [9.17, 15) is 22.4 Å². The number of nitrogens with one attached hydrogen (secondary N) is 1. The smallest absolute Gasteiger partial charge is 0.419 e. The molecule has 140 valence electrons. The number of carbonyl (C=O) groups is 1. The topological polar surface area (TPSA) is 41.6 Å². The van der Waals surface area contributed by atoms with Crippen LogP contribution in [0.1, 0.15) is 39.2 Å². The third-order valence-electron chi connectivity index (χ3n) is 3.77. The maximum absolute atomic E-state index is 13.8. The van der Waals surface area contributed by atoms with Gasteiger partial charge in [0.15, 0.2) is 0 Å². The Morgan fingerprint density at radius 1 is 1.28 bits per heavy atom. The summed E-state index contributed by atoms with van der Waals surface area (Å²) in [6.45, 7) is 6.22. The van der Waals surface area contributed by atoms with Gasteiger partial charge in [-0.25, -0.2) is 9.18 Å². The second-order valence-corrected chi connectivity index (χ2v) is 7.09. The van der Waals surface area contributed by atoms with Crippen molar-refractivity contribution in [3.05, 3.63) is 29.6 Å². The predicted octanol–water partition coefficient (Wildman–Crippen LogP) is 4.34. The van der Waals surface area contributed by atoms with E-state index in [0.717, 1.165) is 25.0 Å². The SMILES string of the molecule is CC(C)(C)OC(=O)NC1CCCN(c2ccc(C(F)(F)F)c(F)c2)C1. The van der Waals surface area contributed by atoms with Crippen molar-refractivity contribution < 1.29 is 27.1 Å². The van der Waals surface area contributed by atoms with Gasteiger partial charge in [-0.05, 0) is 51.8 Å². The second kappa shape index (κ2) is 7.09. The van der Waals surface area contributed by atoms with Crippen molar-refractivity contribution in [1.82, 2.24) is 5.32 Å². The minimum Gasteiger partial charge on any atom is -0.444 e. The highest BCUT2D eigenvalue weighted by atomic mass is 19.4. The lowest BCUT2D eigenvalue weighted by atomic mass is 10.0. The van der Waals surface area contributed by atoms with E-state index in [1.807, 2.05) is 0 Å². The molecule has 0 aliphatic carbocycles. The van der Waals surface area contributed by atoms with Crippen LogP contribution in [0.4, 0.5) is 28.0 Å². The number of halogens is 4. The van der Waals surface area contributed by atoms with Gasteiger partial charge in [-0.15, -0.1) is 0 Å². The average molecular weight is 362 g/mol. The molecule has 1 saturated heterocycles. The number of rotatable bonds is 2. The summed E-state index contributed by atoms with van der Waals surface area (Å²) in [5.74, 6) is -1.30. The molecule has 1 atom stereocenters. The lowest BCUT2D eigenvalue weighted by Gasteiger charge is -2.35. The molecule has 1 N–H and O–H groups in total. The molecule has 4 nitrogen and oxygen atoms in total. The number of ether oxygens (including phenoxy) is 1. The van der Waals surface area contributed by atoms with Crippen molar-refractivity contribution in [1.29, 1.82) is 0 Å². The van der Waals surface area contributed by atoms with Crippen LogP contribution in [-0.2, 0) is 10.9 Å². The molecule has 0 aromatic heterocycles. The molecule has 1 aromatic carbocycles. The van der Waals surface area contributed by atoms with Crippen LogP contribution in [0.5, 0.6) is 0 Å². The number of benzene rings is 1. The minimum absolute atomic E-state index is 0.214. The van der Waals surface area contributed by atoms with Crippen molar-refractivity contribution >= 4 is 11.8 Å². The lowest BCUT2D eigenvalue weighted by Crippen LogP contribution is -2.49. The molecule has 1 heterocycles. The third kappa shape index (κ3) is 5.51. The maximum atomic E-state index is 13.8. The van der Waals surface area contributed by atoms with E-state index in [0.29, 0.717) is 18.8 Å². The van der Waals surface area contributed by atoms with Crippen molar-refractivity contribution in [3.63, 3.8) is 0 Å². The number of piperidine rings is 1. The molecule has 1 amide bonds. The van der Waals surface area contributed by atoms with Crippen LogP contribution in [0, 0.1) is 5.82 Å². The van der Waals surface area contributed by atoms with Gasteiger partial charge in [-0.1, -0.05) is 0 Å². The van der Waals surface area contributed by atoms with Gasteiger partial charge in [0.25, 0.3) is 0 Å². The van der Waals surface area contributed by atoms with Crippen molar-refractivity contribution in [2.45, 2.75) is 51.4 Å². The van der Waals surface area contributed by atoms with Gasteiger partial charge in [-0.2, -0.15) is 13.2 Å². The first-order valence-electron chi connectivity index (χ1n) is 8.07. The largest absolute Gasteiger partial charge is 0.444 e. The Morgan fingerprint density at radius 2 is 1.96 bits per heavy atom. The zero-order chi connectivity index (χ0) is 18.8. The Balaban J connectivity index is 2.04. The Kier molecular flexibility index (Phi) is 5.49. The summed E-state index contributed by atoms with van der Waals surface area (Å²) in [6.07, 6.45) is -3.81. The second-order valence-electron chi connectivity index (χ2n) is 7.09. The maximum Gasteiger partial charge on any atom is 0.419 e. The molecule has 0 saturated carbocycles. The Labute approximate surface area is 144 Å². The normalized spacial score (nSPS) is 18.8. The lowest BCUT2D eigenvalue weighted by molar-refractivity contribution is -0.139. The molecule has 1 aliphatic rings. The third-order valence-corrected chi connectivity index (χ3v) is 3.77. The van der Waals surface area contributed by atoms with Crippen LogP contribution in [0.2, 0.25) is 0 Å². The molecule has 2 rings (SSSR count). The molecular weight excluding hydrogens is 340 g/mol. The highest BCUT2D eigenvalue weighted by molar-refractivity contribution is 5.68. The van der Waals surface area contributed by atoms with E-state index < -0.39 is 29.3 Å². The van der Waals surface area contributed by atoms with Gasteiger partial charge in [0, 0.05) is 24.8 Å². The Morgan fingerprint density at radius 3 is 2.52 bits per heavy atom. The van der Waals surface area contributed by atoms with Crippen molar-refractivity contribution in [2.24, 2.45) is 0 Å². The fourth-order valence-electron chi connectivity index (χ4n) is 2.73. The van der Waals surface area contributed by atoms with Gasteiger partial charge in [0.05, 0.1) is 5.56 Å². The van der Waals surface area contributed by atoms with Gasteiger partial charge >= 0.3 is 12.3 Å². The minimum atomic E-state index is -4.72. The Hall–Kier alpha value is -1.99. The van der Waals surface area contributed by atoms with E-state index in [4.69, 9.17) is 4.74 Å². The van der Waals surface area contributed by atoms with Crippen LogP contribution in [-0.4, -0.2) is 30.8 Å². The van der Waals surface area contributed by atoms with Crippen LogP contribution in [0.15, 0.2) is 18.2 Å². The number of hydrogen-bond donors (Lipinski definition) is 1. The van der Waals surface area contributed by atoms with Gasteiger partial charge in [0.2, 0.25) is 0 Å². The number of hydrogen-bond acceptors (Lipinski definition) is 3. The van der Waals surface area contributed by atoms with Crippen LogP contribution in [0.3, 0.4) is 0 Å². The summed E-state index contributed by atoms with van der Waals surface area (Å²) in [5.41, 5.74) is -1.53. The molecule has 0 spiro atoms. The molecular formula is C17H22F4N2O2. The number of anilines is 1. The van der Waals surface area contributed by atoms with Crippen molar-refractivity contribution in [3.8, 4) is 0 Å². The van der Waals surface area contributed by atoms with Crippen LogP contribution >= 0.6 is 0 Å². The van der Waals surface area contributed by atoms with Gasteiger partial charge < -0.3 is 15.0 Å². The molecule has 0 radical (unpaired) electrons.